The summed E-state index contributed by atoms with van der Waals surface area (Å²) < 4.78 is 2.14. The van der Waals surface area contributed by atoms with E-state index in [4.69, 9.17) is 9.97 Å². The van der Waals surface area contributed by atoms with Crippen molar-refractivity contribution in [1.82, 2.24) is 19.5 Å². The third-order valence-corrected chi connectivity index (χ3v) is 7.91. The normalized spacial score (nSPS) is 15.6. The molecule has 0 radical (unpaired) electrons. The first-order valence-corrected chi connectivity index (χ1v) is 13.3. The number of non-ortho nitro benzene ring substituents is 1. The summed E-state index contributed by atoms with van der Waals surface area (Å²) in [4.78, 5) is 25.1. The third-order valence-electron chi connectivity index (χ3n) is 6.95. The lowest BCUT2D eigenvalue weighted by Gasteiger charge is -2.22. The standard InChI is InChI=1S/C27H26N6O2S/c34-33(35)22-8-4-7-20(17-22)24-25(32-15-16-36-27(32)31-24)23-13-14-28-26(30-23)29-21-11-9-19(10-12-21)18-5-2-1-3-6-18/h4,7-14,17-18H,1-3,5-6,15-16H2,(H,28,29,30). The molecule has 8 nitrogen and oxygen atoms in total. The molecule has 9 heteroatoms. The van der Waals surface area contributed by atoms with Crippen LogP contribution in [0, 0.1) is 10.1 Å². The molecule has 1 fully saturated rings. The molecule has 182 valence electrons. The fraction of sp³-hybridized carbons (Fsp3) is 0.296. The lowest BCUT2D eigenvalue weighted by molar-refractivity contribution is -0.384. The lowest BCUT2D eigenvalue weighted by Crippen LogP contribution is -2.05. The monoisotopic (exact) mass is 498 g/mol. The van der Waals surface area contributed by atoms with Gasteiger partial charge in [0.05, 0.1) is 22.0 Å². The Morgan fingerprint density at radius 2 is 1.86 bits per heavy atom. The van der Waals surface area contributed by atoms with Crippen molar-refractivity contribution in [2.24, 2.45) is 0 Å². The zero-order chi connectivity index (χ0) is 24.5. The van der Waals surface area contributed by atoms with Crippen LogP contribution in [0.15, 0.2) is 66.0 Å². The Morgan fingerprint density at radius 3 is 2.67 bits per heavy atom. The van der Waals surface area contributed by atoms with Crippen LogP contribution >= 0.6 is 11.8 Å². The van der Waals surface area contributed by atoms with E-state index in [0.29, 0.717) is 23.1 Å². The number of nitrogens with zero attached hydrogens (tertiary/aromatic N) is 5. The summed E-state index contributed by atoms with van der Waals surface area (Å²) >= 11 is 1.68. The number of nitro benzene ring substituents is 1. The SMILES string of the molecule is O=[N+]([O-])c1cccc(-c2nc3n(c2-c2ccnc(Nc4ccc(C5CCCCC5)cc4)n2)CCS3)c1. The number of nitro groups is 1. The first-order valence-electron chi connectivity index (χ1n) is 12.3. The van der Waals surface area contributed by atoms with Crippen LogP contribution in [0.25, 0.3) is 22.6 Å². The Balaban J connectivity index is 1.31. The van der Waals surface area contributed by atoms with Crippen molar-refractivity contribution in [3.8, 4) is 22.6 Å². The maximum atomic E-state index is 11.4. The van der Waals surface area contributed by atoms with Crippen molar-refractivity contribution in [3.63, 3.8) is 0 Å². The van der Waals surface area contributed by atoms with Gasteiger partial charge in [-0.25, -0.2) is 15.0 Å². The molecule has 0 saturated heterocycles. The van der Waals surface area contributed by atoms with Crippen molar-refractivity contribution in [1.29, 1.82) is 0 Å². The Bertz CT molecular complexity index is 1410. The molecule has 2 aromatic heterocycles. The van der Waals surface area contributed by atoms with Gasteiger partial charge >= 0.3 is 0 Å². The minimum absolute atomic E-state index is 0.0426. The van der Waals surface area contributed by atoms with Crippen LogP contribution < -0.4 is 5.32 Å². The van der Waals surface area contributed by atoms with Crippen LogP contribution in [0.3, 0.4) is 0 Å². The molecule has 1 aliphatic heterocycles. The highest BCUT2D eigenvalue weighted by Gasteiger charge is 2.26. The van der Waals surface area contributed by atoms with Crippen LogP contribution in [0.5, 0.6) is 0 Å². The second kappa shape index (κ2) is 9.73. The van der Waals surface area contributed by atoms with Crippen molar-refractivity contribution < 1.29 is 4.92 Å². The van der Waals surface area contributed by atoms with Gasteiger partial charge in [-0.15, -0.1) is 0 Å². The Kier molecular flexibility index (Phi) is 6.14. The Hall–Kier alpha value is -3.72. The summed E-state index contributed by atoms with van der Waals surface area (Å²) in [7, 11) is 0. The molecule has 0 amide bonds. The molecule has 1 N–H and O–H groups in total. The third kappa shape index (κ3) is 4.46. The van der Waals surface area contributed by atoms with Crippen molar-refractivity contribution >= 4 is 29.1 Å². The highest BCUT2D eigenvalue weighted by atomic mass is 32.2. The average molecular weight is 499 g/mol. The number of anilines is 2. The zero-order valence-electron chi connectivity index (χ0n) is 19.8. The van der Waals surface area contributed by atoms with Gasteiger partial charge in [-0.2, -0.15) is 0 Å². The number of thioether (sulfide) groups is 1. The predicted octanol–water partition coefficient (Wildman–Crippen LogP) is 6.81. The van der Waals surface area contributed by atoms with E-state index in [0.717, 1.165) is 34.5 Å². The molecule has 3 heterocycles. The van der Waals surface area contributed by atoms with Gasteiger partial charge in [-0.1, -0.05) is 55.3 Å². The molecular formula is C27H26N6O2S. The molecule has 6 rings (SSSR count). The number of fused-ring (bicyclic) bond motifs is 1. The van der Waals surface area contributed by atoms with E-state index < -0.39 is 0 Å². The van der Waals surface area contributed by atoms with Crippen LogP contribution in [0.4, 0.5) is 17.3 Å². The molecule has 0 spiro atoms. The minimum atomic E-state index is -0.381. The first kappa shape index (κ1) is 22.7. The Morgan fingerprint density at radius 1 is 1.03 bits per heavy atom. The molecule has 0 unspecified atom stereocenters. The molecular weight excluding hydrogens is 472 g/mol. The van der Waals surface area contributed by atoms with Gasteiger partial charge in [0, 0.05) is 41.9 Å². The summed E-state index contributed by atoms with van der Waals surface area (Å²) in [6, 6.07) is 17.1. The molecule has 4 aromatic rings. The molecule has 0 atom stereocenters. The molecule has 2 aromatic carbocycles. The smallest absolute Gasteiger partial charge is 0.270 e. The molecule has 0 bridgehead atoms. The number of hydrogen-bond donors (Lipinski definition) is 1. The van der Waals surface area contributed by atoms with Gasteiger partial charge in [0.2, 0.25) is 5.95 Å². The van der Waals surface area contributed by atoms with E-state index in [1.807, 2.05) is 12.1 Å². The fourth-order valence-corrected chi connectivity index (χ4v) is 6.11. The van der Waals surface area contributed by atoms with Crippen molar-refractivity contribution in [2.75, 3.05) is 11.1 Å². The quantitative estimate of drug-likeness (QED) is 0.230. The molecule has 36 heavy (non-hydrogen) atoms. The maximum Gasteiger partial charge on any atom is 0.270 e. The van der Waals surface area contributed by atoms with Crippen LogP contribution in [0.1, 0.15) is 43.6 Å². The number of hydrogen-bond acceptors (Lipinski definition) is 7. The van der Waals surface area contributed by atoms with E-state index in [1.165, 1.54) is 43.7 Å². The molecule has 1 saturated carbocycles. The topological polar surface area (TPSA) is 98.8 Å². The zero-order valence-corrected chi connectivity index (χ0v) is 20.6. The van der Waals surface area contributed by atoms with E-state index in [-0.39, 0.29) is 10.6 Å². The predicted molar refractivity (Wildman–Crippen MR) is 142 cm³/mol. The van der Waals surface area contributed by atoms with Gasteiger partial charge in [0.15, 0.2) is 5.16 Å². The number of rotatable bonds is 6. The average Bonchev–Trinajstić information content (AvgIpc) is 3.52. The van der Waals surface area contributed by atoms with E-state index >= 15 is 0 Å². The van der Waals surface area contributed by atoms with Gasteiger partial charge in [0.25, 0.3) is 5.69 Å². The van der Waals surface area contributed by atoms with E-state index in [9.17, 15) is 10.1 Å². The fourth-order valence-electron chi connectivity index (χ4n) is 5.16. The summed E-state index contributed by atoms with van der Waals surface area (Å²) in [5.41, 5.74) is 5.38. The number of benzene rings is 2. The summed E-state index contributed by atoms with van der Waals surface area (Å²) in [6.07, 6.45) is 8.28. The van der Waals surface area contributed by atoms with Gasteiger partial charge in [-0.3, -0.25) is 10.1 Å². The largest absolute Gasteiger partial charge is 0.324 e. The number of nitrogens with one attached hydrogen (secondary N) is 1. The van der Waals surface area contributed by atoms with Crippen LogP contribution in [-0.2, 0) is 6.54 Å². The summed E-state index contributed by atoms with van der Waals surface area (Å²) in [5.74, 6) is 2.11. The maximum absolute atomic E-state index is 11.4. The summed E-state index contributed by atoms with van der Waals surface area (Å²) in [5, 5.41) is 15.6. The van der Waals surface area contributed by atoms with Crippen molar-refractivity contribution in [3.05, 3.63) is 76.5 Å². The highest BCUT2D eigenvalue weighted by molar-refractivity contribution is 7.99. The van der Waals surface area contributed by atoms with Gasteiger partial charge in [0.1, 0.15) is 0 Å². The van der Waals surface area contributed by atoms with Crippen molar-refractivity contribution in [2.45, 2.75) is 49.7 Å². The van der Waals surface area contributed by atoms with Gasteiger partial charge in [-0.05, 0) is 42.5 Å². The minimum Gasteiger partial charge on any atom is -0.324 e. The Labute approximate surface area is 213 Å². The first-order chi connectivity index (χ1) is 17.7. The van der Waals surface area contributed by atoms with E-state index in [1.54, 1.807) is 30.1 Å². The van der Waals surface area contributed by atoms with Crippen LogP contribution in [-0.4, -0.2) is 30.2 Å². The lowest BCUT2D eigenvalue weighted by atomic mass is 9.84. The van der Waals surface area contributed by atoms with Crippen LogP contribution in [0.2, 0.25) is 0 Å². The second-order valence-electron chi connectivity index (χ2n) is 9.25. The molecule has 2 aliphatic rings. The number of aromatic nitrogens is 4. The highest BCUT2D eigenvalue weighted by Crippen LogP contribution is 2.39. The summed E-state index contributed by atoms with van der Waals surface area (Å²) in [6.45, 7) is 0.812. The number of imidazole rings is 1. The van der Waals surface area contributed by atoms with E-state index in [2.05, 4.69) is 39.1 Å². The van der Waals surface area contributed by atoms with Gasteiger partial charge < -0.3 is 9.88 Å². The second-order valence-corrected chi connectivity index (χ2v) is 10.3. The molecule has 1 aliphatic carbocycles.